The molecule has 3 rings (SSSR count). The van der Waals surface area contributed by atoms with Crippen molar-refractivity contribution < 1.29 is 9.53 Å². The summed E-state index contributed by atoms with van der Waals surface area (Å²) in [6.45, 7) is 7.61. The highest BCUT2D eigenvalue weighted by atomic mass is 35.5. The number of rotatable bonds is 11. The van der Waals surface area contributed by atoms with Gasteiger partial charge in [-0.3, -0.25) is 4.79 Å². The minimum atomic E-state index is -0.139. The Hall–Kier alpha value is -2.79. The van der Waals surface area contributed by atoms with Crippen LogP contribution in [0.4, 0.5) is 0 Å². The topological polar surface area (TPSA) is 56.2 Å². The molecule has 0 aliphatic carbocycles. The maximum atomic E-state index is 11.3. The van der Waals surface area contributed by atoms with E-state index in [0.29, 0.717) is 13.2 Å². The quantitative estimate of drug-likeness (QED) is 0.344. The second kappa shape index (κ2) is 10.8. The van der Waals surface area contributed by atoms with E-state index < -0.39 is 0 Å². The van der Waals surface area contributed by atoms with Crippen molar-refractivity contribution in [2.75, 3.05) is 13.2 Å². The van der Waals surface area contributed by atoms with Crippen molar-refractivity contribution >= 4 is 28.5 Å². The number of unbranched alkanes of at least 4 members (excludes halogenated alkanes) is 1. The zero-order chi connectivity index (χ0) is 21.3. The zero-order valence-electron chi connectivity index (χ0n) is 17.4. The molecule has 0 saturated heterocycles. The van der Waals surface area contributed by atoms with Gasteiger partial charge in [0.2, 0.25) is 5.91 Å². The molecule has 1 aromatic heterocycles. The van der Waals surface area contributed by atoms with Gasteiger partial charge in [-0.1, -0.05) is 30.3 Å². The summed E-state index contributed by atoms with van der Waals surface area (Å²) in [7, 11) is 0. The number of carbonyl (C=O) groups excluding carboxylic acids is 1. The Morgan fingerprint density at radius 2 is 2.07 bits per heavy atom. The molecule has 0 fully saturated rings. The largest absolute Gasteiger partial charge is 0.494 e. The highest BCUT2D eigenvalue weighted by molar-refractivity contribution is 6.31. The third kappa shape index (κ3) is 5.86. The van der Waals surface area contributed by atoms with Crippen molar-refractivity contribution in [1.82, 2.24) is 14.9 Å². The van der Waals surface area contributed by atoms with Crippen LogP contribution in [0.1, 0.15) is 30.7 Å². The van der Waals surface area contributed by atoms with E-state index in [1.54, 1.807) is 0 Å². The predicted molar refractivity (Wildman–Crippen MR) is 122 cm³/mol. The van der Waals surface area contributed by atoms with E-state index >= 15 is 0 Å². The Morgan fingerprint density at radius 1 is 1.23 bits per heavy atom. The second-order valence-corrected chi connectivity index (χ2v) is 7.64. The zero-order valence-corrected chi connectivity index (χ0v) is 18.1. The summed E-state index contributed by atoms with van der Waals surface area (Å²) >= 11 is 6.06. The lowest BCUT2D eigenvalue weighted by Crippen LogP contribution is -2.22. The van der Waals surface area contributed by atoms with E-state index in [4.69, 9.17) is 21.3 Å². The van der Waals surface area contributed by atoms with Gasteiger partial charge in [-0.25, -0.2) is 4.98 Å². The number of imidazole rings is 1. The van der Waals surface area contributed by atoms with Gasteiger partial charge in [0, 0.05) is 24.5 Å². The molecule has 2 aromatic carbocycles. The monoisotopic (exact) mass is 425 g/mol. The van der Waals surface area contributed by atoms with Crippen molar-refractivity contribution in [3.63, 3.8) is 0 Å². The summed E-state index contributed by atoms with van der Waals surface area (Å²) in [4.78, 5) is 16.1. The van der Waals surface area contributed by atoms with Crippen LogP contribution < -0.4 is 10.1 Å². The number of ether oxygens (including phenoxy) is 1. The van der Waals surface area contributed by atoms with Gasteiger partial charge in [-0.15, -0.1) is 0 Å². The normalized spacial score (nSPS) is 10.9. The molecule has 1 amide bonds. The van der Waals surface area contributed by atoms with Crippen molar-refractivity contribution in [1.29, 1.82) is 0 Å². The van der Waals surface area contributed by atoms with Gasteiger partial charge < -0.3 is 14.6 Å². The Kier molecular flexibility index (Phi) is 7.91. The summed E-state index contributed by atoms with van der Waals surface area (Å²) in [5, 5.41) is 3.58. The molecule has 158 valence electrons. The van der Waals surface area contributed by atoms with E-state index in [1.165, 1.54) is 6.08 Å². The summed E-state index contributed by atoms with van der Waals surface area (Å²) in [6, 6.07) is 13.9. The van der Waals surface area contributed by atoms with E-state index in [0.717, 1.165) is 65.4 Å². The van der Waals surface area contributed by atoms with Crippen LogP contribution >= 0.6 is 11.6 Å². The molecule has 5 nitrogen and oxygen atoms in total. The van der Waals surface area contributed by atoms with Crippen LogP contribution in [0.15, 0.2) is 55.1 Å². The first-order chi connectivity index (χ1) is 14.6. The molecule has 3 aromatic rings. The van der Waals surface area contributed by atoms with Gasteiger partial charge in [0.05, 0.1) is 17.6 Å². The third-order valence-corrected chi connectivity index (χ3v) is 5.39. The van der Waals surface area contributed by atoms with Gasteiger partial charge >= 0.3 is 0 Å². The summed E-state index contributed by atoms with van der Waals surface area (Å²) in [5.41, 5.74) is 3.18. The molecular formula is C24H28ClN3O2. The van der Waals surface area contributed by atoms with Crippen LogP contribution in [0.3, 0.4) is 0 Å². The molecule has 0 aliphatic rings. The number of para-hydroxylation sites is 2. The fraction of sp³-hybridized carbons (Fsp3) is 0.333. The fourth-order valence-electron chi connectivity index (χ4n) is 3.36. The van der Waals surface area contributed by atoms with Crippen LogP contribution in [0.25, 0.3) is 11.0 Å². The van der Waals surface area contributed by atoms with Crippen molar-refractivity contribution in [2.45, 2.75) is 39.2 Å². The number of aromatic nitrogens is 2. The lowest BCUT2D eigenvalue weighted by atomic mass is 10.2. The number of nitrogens with one attached hydrogen (secondary N) is 1. The minimum absolute atomic E-state index is 0.139. The highest BCUT2D eigenvalue weighted by Gasteiger charge is 2.10. The first-order valence-corrected chi connectivity index (χ1v) is 10.7. The minimum Gasteiger partial charge on any atom is -0.494 e. The molecule has 0 saturated carbocycles. The average Bonchev–Trinajstić information content (AvgIpc) is 3.10. The highest BCUT2D eigenvalue weighted by Crippen LogP contribution is 2.21. The lowest BCUT2D eigenvalue weighted by molar-refractivity contribution is -0.116. The van der Waals surface area contributed by atoms with Gasteiger partial charge in [0.15, 0.2) is 0 Å². The van der Waals surface area contributed by atoms with Gasteiger partial charge in [0.1, 0.15) is 11.6 Å². The van der Waals surface area contributed by atoms with E-state index in [9.17, 15) is 4.79 Å². The number of nitrogens with zero attached hydrogens (tertiary/aromatic N) is 2. The van der Waals surface area contributed by atoms with E-state index in [-0.39, 0.29) is 5.91 Å². The number of fused-ring (bicyclic) bond motifs is 1. The molecular weight excluding hydrogens is 398 g/mol. The van der Waals surface area contributed by atoms with Crippen LogP contribution in [0, 0.1) is 6.92 Å². The first-order valence-electron chi connectivity index (χ1n) is 10.3. The molecule has 0 radical (unpaired) electrons. The van der Waals surface area contributed by atoms with Crippen LogP contribution in [0.2, 0.25) is 5.02 Å². The first kappa shape index (κ1) is 21.9. The SMILES string of the molecule is C=CC(=O)NCCCc1nc2ccccc2n1CCCCOc1ccc(Cl)c(C)c1. The number of carbonyl (C=O) groups is 1. The average molecular weight is 426 g/mol. The van der Waals surface area contributed by atoms with Crippen molar-refractivity contribution in [3.8, 4) is 5.75 Å². The van der Waals surface area contributed by atoms with Crippen LogP contribution in [0.5, 0.6) is 5.75 Å². The molecule has 0 aliphatic heterocycles. The molecule has 30 heavy (non-hydrogen) atoms. The molecule has 0 spiro atoms. The molecule has 1 N–H and O–H groups in total. The van der Waals surface area contributed by atoms with Crippen molar-refractivity contribution in [3.05, 3.63) is 71.5 Å². The number of amides is 1. The van der Waals surface area contributed by atoms with Gasteiger partial charge in [-0.2, -0.15) is 0 Å². The maximum Gasteiger partial charge on any atom is 0.243 e. The number of halogens is 1. The number of aryl methyl sites for hydroxylation is 3. The summed E-state index contributed by atoms with van der Waals surface area (Å²) in [5.74, 6) is 1.77. The summed E-state index contributed by atoms with van der Waals surface area (Å²) in [6.07, 6.45) is 4.88. The van der Waals surface area contributed by atoms with Crippen molar-refractivity contribution in [2.24, 2.45) is 0 Å². The summed E-state index contributed by atoms with van der Waals surface area (Å²) < 4.78 is 8.15. The Balaban J connectivity index is 1.54. The van der Waals surface area contributed by atoms with Gasteiger partial charge in [-0.05, 0) is 68.2 Å². The van der Waals surface area contributed by atoms with Crippen LogP contribution in [-0.4, -0.2) is 28.6 Å². The fourth-order valence-corrected chi connectivity index (χ4v) is 3.48. The lowest BCUT2D eigenvalue weighted by Gasteiger charge is -2.11. The molecule has 0 atom stereocenters. The Labute approximate surface area is 182 Å². The van der Waals surface area contributed by atoms with Gasteiger partial charge in [0.25, 0.3) is 0 Å². The maximum absolute atomic E-state index is 11.3. The van der Waals surface area contributed by atoms with E-state index in [2.05, 4.69) is 22.5 Å². The second-order valence-electron chi connectivity index (χ2n) is 7.23. The molecule has 1 heterocycles. The predicted octanol–water partition coefficient (Wildman–Crippen LogP) is 5.09. The number of hydrogen-bond acceptors (Lipinski definition) is 3. The Bertz CT molecular complexity index is 1010. The standard InChI is InChI=1S/C24H28ClN3O2/c1-3-24(29)26-14-8-11-23-27-21-9-4-5-10-22(21)28(23)15-6-7-16-30-19-12-13-20(25)18(2)17-19/h3-5,9-10,12-13,17H,1,6-8,11,14-16H2,2H3,(H,26,29). The molecule has 6 heteroatoms. The third-order valence-electron chi connectivity index (χ3n) is 4.97. The smallest absolute Gasteiger partial charge is 0.243 e. The molecule has 0 unspecified atom stereocenters. The number of hydrogen-bond donors (Lipinski definition) is 1. The Morgan fingerprint density at radius 3 is 2.87 bits per heavy atom. The van der Waals surface area contributed by atoms with E-state index in [1.807, 2.05) is 43.3 Å². The number of benzene rings is 2. The van der Waals surface area contributed by atoms with Crippen LogP contribution in [-0.2, 0) is 17.8 Å². The molecule has 0 bridgehead atoms.